The molecule has 0 spiro atoms. The highest BCUT2D eigenvalue weighted by molar-refractivity contribution is 7.89. The van der Waals surface area contributed by atoms with Crippen LogP contribution in [0.15, 0.2) is 23.1 Å². The van der Waals surface area contributed by atoms with Gasteiger partial charge in [-0.2, -0.15) is 4.31 Å². The van der Waals surface area contributed by atoms with Crippen LogP contribution in [0.2, 0.25) is 5.02 Å². The molecule has 0 aromatic heterocycles. The third-order valence-corrected chi connectivity index (χ3v) is 5.73. The number of nitrogens with zero attached hydrogens (tertiary/aromatic N) is 2. The van der Waals surface area contributed by atoms with Gasteiger partial charge < -0.3 is 0 Å². The summed E-state index contributed by atoms with van der Waals surface area (Å²) in [6, 6.07) is 3.67. The predicted molar refractivity (Wildman–Crippen MR) is 80.0 cm³/mol. The number of rotatable bonds is 3. The van der Waals surface area contributed by atoms with Crippen molar-refractivity contribution >= 4 is 27.3 Å². The lowest BCUT2D eigenvalue weighted by molar-refractivity contribution is -0.387. The van der Waals surface area contributed by atoms with E-state index < -0.39 is 20.6 Å². The Morgan fingerprint density at radius 1 is 1.10 bits per heavy atom. The first-order valence-electron chi connectivity index (χ1n) is 6.87. The van der Waals surface area contributed by atoms with Crippen LogP contribution in [-0.2, 0) is 10.0 Å². The molecule has 2 rings (SSSR count). The molecule has 8 heteroatoms. The lowest BCUT2D eigenvalue weighted by Gasteiger charge is -2.24. The summed E-state index contributed by atoms with van der Waals surface area (Å²) >= 11 is 5.73. The van der Waals surface area contributed by atoms with E-state index in [0.29, 0.717) is 13.1 Å². The second-order valence-corrected chi connectivity index (χ2v) is 7.38. The molecule has 0 radical (unpaired) electrons. The first-order chi connectivity index (χ1) is 9.93. The molecule has 6 nitrogen and oxygen atoms in total. The van der Waals surface area contributed by atoms with E-state index >= 15 is 0 Å². The Morgan fingerprint density at radius 3 is 2.24 bits per heavy atom. The van der Waals surface area contributed by atoms with Gasteiger partial charge in [-0.3, -0.25) is 10.1 Å². The van der Waals surface area contributed by atoms with Gasteiger partial charge in [0, 0.05) is 24.2 Å². The number of sulfonamides is 1. The molecule has 1 aromatic carbocycles. The summed E-state index contributed by atoms with van der Waals surface area (Å²) in [5, 5.41) is 11.2. The van der Waals surface area contributed by atoms with Gasteiger partial charge >= 0.3 is 0 Å². The lowest BCUT2D eigenvalue weighted by Crippen LogP contribution is -2.34. The van der Waals surface area contributed by atoms with Crippen molar-refractivity contribution in [1.82, 2.24) is 4.31 Å². The van der Waals surface area contributed by atoms with Crippen molar-refractivity contribution in [3.63, 3.8) is 0 Å². The smallest absolute Gasteiger partial charge is 0.258 e. The van der Waals surface area contributed by atoms with E-state index in [0.717, 1.165) is 38.2 Å². The van der Waals surface area contributed by atoms with Crippen LogP contribution in [0.25, 0.3) is 0 Å². The van der Waals surface area contributed by atoms with Crippen molar-refractivity contribution in [3.05, 3.63) is 33.3 Å². The summed E-state index contributed by atoms with van der Waals surface area (Å²) in [6.45, 7) is 0.810. The highest BCUT2D eigenvalue weighted by Gasteiger charge is 2.31. The zero-order valence-corrected chi connectivity index (χ0v) is 13.1. The van der Waals surface area contributed by atoms with Gasteiger partial charge in [0.25, 0.3) is 5.69 Å². The Kier molecular flexibility index (Phi) is 5.18. The molecular weight excluding hydrogens is 316 g/mol. The standard InChI is InChI=1S/C13H17ClN2O4S/c14-11-6-7-13(12(10-11)16(17)18)21(19,20)15-8-4-2-1-3-5-9-15/h6-7,10H,1-5,8-9H2. The Balaban J connectivity index is 2.40. The second-order valence-electron chi connectivity index (χ2n) is 5.04. The molecule has 1 heterocycles. The van der Waals surface area contributed by atoms with Crippen LogP contribution in [0.5, 0.6) is 0 Å². The fourth-order valence-corrected chi connectivity index (χ4v) is 4.27. The molecule has 116 valence electrons. The normalized spacial score (nSPS) is 18.0. The maximum Gasteiger partial charge on any atom is 0.290 e. The molecule has 0 bridgehead atoms. The van der Waals surface area contributed by atoms with Gasteiger partial charge in [0.15, 0.2) is 4.90 Å². The predicted octanol–water partition coefficient (Wildman–Crippen LogP) is 3.20. The van der Waals surface area contributed by atoms with E-state index in [-0.39, 0.29) is 9.92 Å². The average Bonchev–Trinajstić information content (AvgIpc) is 2.37. The fraction of sp³-hybridized carbons (Fsp3) is 0.538. The molecule has 0 amide bonds. The molecule has 0 N–H and O–H groups in total. The molecule has 0 atom stereocenters. The van der Waals surface area contributed by atoms with Gasteiger partial charge in [-0.05, 0) is 25.0 Å². The Morgan fingerprint density at radius 2 is 1.67 bits per heavy atom. The molecule has 0 saturated carbocycles. The highest BCUT2D eigenvalue weighted by Crippen LogP contribution is 2.30. The van der Waals surface area contributed by atoms with Gasteiger partial charge in [0.1, 0.15) is 0 Å². The Hall–Kier alpha value is -1.18. The quantitative estimate of drug-likeness (QED) is 0.628. The molecule has 1 fully saturated rings. The van der Waals surface area contributed by atoms with Crippen LogP contribution < -0.4 is 0 Å². The minimum Gasteiger partial charge on any atom is -0.258 e. The van der Waals surface area contributed by atoms with Gasteiger partial charge in [0.05, 0.1) is 4.92 Å². The van der Waals surface area contributed by atoms with Crippen LogP contribution in [-0.4, -0.2) is 30.7 Å². The maximum absolute atomic E-state index is 12.7. The largest absolute Gasteiger partial charge is 0.290 e. The fourth-order valence-electron chi connectivity index (χ4n) is 2.45. The van der Waals surface area contributed by atoms with Crippen LogP contribution in [0.4, 0.5) is 5.69 Å². The van der Waals surface area contributed by atoms with Crippen LogP contribution in [0.3, 0.4) is 0 Å². The average molecular weight is 333 g/mol. The van der Waals surface area contributed by atoms with E-state index in [1.165, 1.54) is 16.4 Å². The van der Waals surface area contributed by atoms with Crippen molar-refractivity contribution in [1.29, 1.82) is 0 Å². The van der Waals surface area contributed by atoms with Crippen molar-refractivity contribution in [2.45, 2.75) is 37.0 Å². The van der Waals surface area contributed by atoms with E-state index in [1.807, 2.05) is 0 Å². The zero-order chi connectivity index (χ0) is 15.5. The number of hydrogen-bond donors (Lipinski definition) is 0. The van der Waals surface area contributed by atoms with Gasteiger partial charge in [-0.25, -0.2) is 8.42 Å². The number of halogens is 1. The van der Waals surface area contributed by atoms with Gasteiger partial charge in [-0.15, -0.1) is 0 Å². The van der Waals surface area contributed by atoms with E-state index in [1.54, 1.807) is 0 Å². The van der Waals surface area contributed by atoms with E-state index in [2.05, 4.69) is 0 Å². The minimum atomic E-state index is -3.86. The molecule has 1 saturated heterocycles. The number of nitro groups is 1. The summed E-state index contributed by atoms with van der Waals surface area (Å²) in [5.41, 5.74) is -0.468. The molecule has 1 aliphatic rings. The molecule has 0 unspecified atom stereocenters. The van der Waals surface area contributed by atoms with Crippen LogP contribution >= 0.6 is 11.6 Å². The summed E-state index contributed by atoms with van der Waals surface area (Å²) in [7, 11) is -3.86. The SMILES string of the molecule is O=[N+]([O-])c1cc(Cl)ccc1S(=O)(=O)N1CCCCCCC1. The van der Waals surface area contributed by atoms with Crippen molar-refractivity contribution < 1.29 is 13.3 Å². The maximum atomic E-state index is 12.7. The number of nitro benzene ring substituents is 1. The lowest BCUT2D eigenvalue weighted by atomic mass is 10.1. The summed E-state index contributed by atoms with van der Waals surface area (Å²) in [4.78, 5) is 10.1. The molecule has 21 heavy (non-hydrogen) atoms. The number of benzene rings is 1. The topological polar surface area (TPSA) is 80.5 Å². The van der Waals surface area contributed by atoms with Crippen molar-refractivity contribution in [2.24, 2.45) is 0 Å². The highest BCUT2D eigenvalue weighted by atomic mass is 35.5. The molecule has 1 aliphatic heterocycles. The van der Waals surface area contributed by atoms with Crippen LogP contribution in [0, 0.1) is 10.1 Å². The first kappa shape index (κ1) is 16.2. The summed E-state index contributed by atoms with van der Waals surface area (Å²) < 4.78 is 26.7. The minimum absolute atomic E-state index is 0.147. The van der Waals surface area contributed by atoms with E-state index in [9.17, 15) is 18.5 Å². The third-order valence-electron chi connectivity index (χ3n) is 3.55. The van der Waals surface area contributed by atoms with Crippen molar-refractivity contribution in [2.75, 3.05) is 13.1 Å². The summed E-state index contributed by atoms with van der Waals surface area (Å²) in [6.07, 6.45) is 4.62. The number of hydrogen-bond acceptors (Lipinski definition) is 4. The van der Waals surface area contributed by atoms with Crippen LogP contribution in [0.1, 0.15) is 32.1 Å². The molecule has 1 aromatic rings. The second kappa shape index (κ2) is 6.72. The third kappa shape index (κ3) is 3.72. The monoisotopic (exact) mass is 332 g/mol. The molecule has 0 aliphatic carbocycles. The van der Waals surface area contributed by atoms with E-state index in [4.69, 9.17) is 11.6 Å². The Bertz CT molecular complexity index is 625. The van der Waals surface area contributed by atoms with Crippen molar-refractivity contribution in [3.8, 4) is 0 Å². The first-order valence-corrected chi connectivity index (χ1v) is 8.69. The Labute approximate surface area is 128 Å². The summed E-state index contributed by atoms with van der Waals surface area (Å²) in [5.74, 6) is 0. The molecular formula is C13H17ClN2O4S. The zero-order valence-electron chi connectivity index (χ0n) is 11.5. The van der Waals surface area contributed by atoms with Gasteiger partial charge in [0.2, 0.25) is 10.0 Å². The van der Waals surface area contributed by atoms with Gasteiger partial charge in [-0.1, -0.05) is 30.9 Å².